The van der Waals surface area contributed by atoms with Crippen LogP contribution in [0.25, 0.3) is 11.2 Å². The Bertz CT molecular complexity index is 657. The molecule has 3 heterocycles. The predicted octanol–water partition coefficient (Wildman–Crippen LogP) is 0.0979. The number of H-pyrrole nitrogens is 2. The Kier molecular flexibility index (Phi) is 2.93. The molecule has 0 aliphatic rings. The summed E-state index contributed by atoms with van der Waals surface area (Å²) in [4.78, 5) is 19.3. The average molecular weight is 259 g/mol. The molecule has 0 atom stereocenters. The van der Waals surface area contributed by atoms with Gasteiger partial charge in [0.25, 0.3) is 0 Å². The van der Waals surface area contributed by atoms with Crippen molar-refractivity contribution in [3.05, 3.63) is 18.5 Å². The highest BCUT2D eigenvalue weighted by atomic mass is 15.2. The van der Waals surface area contributed by atoms with E-state index < -0.39 is 0 Å². The third-order valence-corrected chi connectivity index (χ3v) is 2.65. The lowest BCUT2D eigenvalue weighted by atomic mass is 10.3. The number of aromatic amines is 2. The molecular formula is C10H13N9. The smallest absolute Gasteiger partial charge is 0.224 e. The molecule has 9 heteroatoms. The van der Waals surface area contributed by atoms with Crippen LogP contribution in [0.1, 0.15) is 12.2 Å². The maximum absolute atomic E-state index is 5.63. The van der Waals surface area contributed by atoms with Crippen LogP contribution in [0.15, 0.2) is 12.7 Å². The van der Waals surface area contributed by atoms with E-state index in [1.165, 1.54) is 6.33 Å². The Morgan fingerprint density at radius 1 is 1.26 bits per heavy atom. The fourth-order valence-electron chi connectivity index (χ4n) is 1.79. The van der Waals surface area contributed by atoms with Crippen LogP contribution in [0.3, 0.4) is 0 Å². The van der Waals surface area contributed by atoms with E-state index in [0.717, 1.165) is 30.7 Å². The third-order valence-electron chi connectivity index (χ3n) is 2.65. The summed E-state index contributed by atoms with van der Waals surface area (Å²) in [5.41, 5.74) is 6.94. The zero-order valence-corrected chi connectivity index (χ0v) is 10.1. The molecule has 0 saturated heterocycles. The molecule has 5 N–H and O–H groups in total. The Morgan fingerprint density at radius 2 is 2.21 bits per heavy atom. The van der Waals surface area contributed by atoms with Crippen molar-refractivity contribution in [3.63, 3.8) is 0 Å². The zero-order valence-electron chi connectivity index (χ0n) is 10.1. The van der Waals surface area contributed by atoms with Crippen LogP contribution in [0.4, 0.5) is 11.8 Å². The van der Waals surface area contributed by atoms with E-state index in [-0.39, 0.29) is 5.95 Å². The van der Waals surface area contributed by atoms with Crippen molar-refractivity contribution < 1.29 is 0 Å². The van der Waals surface area contributed by atoms with Gasteiger partial charge in [0, 0.05) is 13.0 Å². The second kappa shape index (κ2) is 4.88. The van der Waals surface area contributed by atoms with Crippen molar-refractivity contribution in [1.29, 1.82) is 0 Å². The first-order chi connectivity index (χ1) is 9.33. The topological polar surface area (TPSA) is 134 Å². The first kappa shape index (κ1) is 11.4. The van der Waals surface area contributed by atoms with Gasteiger partial charge in [0.05, 0.1) is 6.33 Å². The Balaban J connectivity index is 1.63. The second-order valence-corrected chi connectivity index (χ2v) is 3.99. The van der Waals surface area contributed by atoms with E-state index in [0.29, 0.717) is 11.5 Å². The van der Waals surface area contributed by atoms with Crippen molar-refractivity contribution in [1.82, 2.24) is 35.1 Å². The van der Waals surface area contributed by atoms with Crippen molar-refractivity contribution in [3.8, 4) is 0 Å². The molecule has 0 unspecified atom stereocenters. The van der Waals surface area contributed by atoms with Gasteiger partial charge in [0.2, 0.25) is 5.95 Å². The van der Waals surface area contributed by atoms with E-state index in [4.69, 9.17) is 5.73 Å². The SMILES string of the molecule is Nc1nc(NCCCc2ncn[nH]2)c2[nH]cnc2n1. The van der Waals surface area contributed by atoms with Gasteiger partial charge in [0.1, 0.15) is 17.7 Å². The molecule has 9 nitrogen and oxygen atoms in total. The van der Waals surface area contributed by atoms with Gasteiger partial charge < -0.3 is 16.0 Å². The second-order valence-electron chi connectivity index (χ2n) is 3.99. The highest BCUT2D eigenvalue weighted by molar-refractivity contribution is 5.83. The number of nitrogens with zero attached hydrogens (tertiary/aromatic N) is 5. The number of fused-ring (bicyclic) bond motifs is 1. The molecular weight excluding hydrogens is 246 g/mol. The number of hydrogen-bond acceptors (Lipinski definition) is 7. The number of anilines is 2. The minimum Gasteiger partial charge on any atom is -0.368 e. The van der Waals surface area contributed by atoms with Gasteiger partial charge in [-0.15, -0.1) is 0 Å². The number of nitrogens with one attached hydrogen (secondary N) is 3. The maximum Gasteiger partial charge on any atom is 0.224 e. The van der Waals surface area contributed by atoms with Crippen LogP contribution >= 0.6 is 0 Å². The van der Waals surface area contributed by atoms with Crippen LogP contribution < -0.4 is 11.1 Å². The summed E-state index contributed by atoms with van der Waals surface area (Å²) in [6, 6.07) is 0. The van der Waals surface area contributed by atoms with Crippen LogP contribution in [0.5, 0.6) is 0 Å². The van der Waals surface area contributed by atoms with Gasteiger partial charge in [-0.05, 0) is 6.42 Å². The largest absolute Gasteiger partial charge is 0.368 e. The normalized spacial score (nSPS) is 10.9. The summed E-state index contributed by atoms with van der Waals surface area (Å²) in [6.45, 7) is 0.741. The molecule has 0 radical (unpaired) electrons. The molecule has 3 rings (SSSR count). The van der Waals surface area contributed by atoms with Crippen LogP contribution in [-0.2, 0) is 6.42 Å². The third kappa shape index (κ3) is 2.44. The predicted molar refractivity (Wildman–Crippen MR) is 69.3 cm³/mol. The zero-order chi connectivity index (χ0) is 13.1. The van der Waals surface area contributed by atoms with E-state index in [1.54, 1.807) is 6.33 Å². The van der Waals surface area contributed by atoms with Crippen molar-refractivity contribution in [2.24, 2.45) is 0 Å². The molecule has 98 valence electrons. The first-order valence-electron chi connectivity index (χ1n) is 5.87. The van der Waals surface area contributed by atoms with E-state index in [1.807, 2.05) is 0 Å². The highest BCUT2D eigenvalue weighted by Crippen LogP contribution is 2.17. The fourth-order valence-corrected chi connectivity index (χ4v) is 1.79. The standard InChI is InChI=1S/C10H13N9/c11-10-17-8(7-9(18-10)15-4-14-7)12-3-1-2-6-13-5-16-19-6/h4-5H,1-3H2,(H,13,16,19)(H4,11,12,14,15,17,18). The number of nitrogen functional groups attached to an aromatic ring is 1. The number of aromatic nitrogens is 7. The van der Waals surface area contributed by atoms with Crippen LogP contribution in [0, 0.1) is 0 Å². The van der Waals surface area contributed by atoms with Crippen molar-refractivity contribution in [2.75, 3.05) is 17.6 Å². The summed E-state index contributed by atoms with van der Waals surface area (Å²) < 4.78 is 0. The van der Waals surface area contributed by atoms with E-state index >= 15 is 0 Å². The Hall–Kier alpha value is -2.71. The molecule has 3 aromatic rings. The highest BCUT2D eigenvalue weighted by Gasteiger charge is 2.07. The van der Waals surface area contributed by atoms with Crippen molar-refractivity contribution in [2.45, 2.75) is 12.8 Å². The van der Waals surface area contributed by atoms with Gasteiger partial charge in [0.15, 0.2) is 11.5 Å². The lowest BCUT2D eigenvalue weighted by Crippen LogP contribution is -2.08. The first-order valence-corrected chi connectivity index (χ1v) is 5.87. The molecule has 3 aromatic heterocycles. The van der Waals surface area contributed by atoms with Gasteiger partial charge in [-0.3, -0.25) is 5.10 Å². The summed E-state index contributed by atoms with van der Waals surface area (Å²) in [6.07, 6.45) is 4.79. The number of hydrogen-bond donors (Lipinski definition) is 4. The number of rotatable bonds is 5. The maximum atomic E-state index is 5.63. The number of nitrogens with two attached hydrogens (primary N) is 1. The van der Waals surface area contributed by atoms with Gasteiger partial charge >= 0.3 is 0 Å². The summed E-state index contributed by atoms with van der Waals surface area (Å²) >= 11 is 0. The molecule has 0 saturated carbocycles. The molecule has 0 aromatic carbocycles. The monoisotopic (exact) mass is 259 g/mol. The van der Waals surface area contributed by atoms with Gasteiger partial charge in [-0.25, -0.2) is 9.97 Å². The fraction of sp³-hybridized carbons (Fsp3) is 0.300. The molecule has 0 spiro atoms. The quantitative estimate of drug-likeness (QED) is 0.477. The molecule has 0 aliphatic carbocycles. The van der Waals surface area contributed by atoms with Crippen LogP contribution in [-0.4, -0.2) is 41.7 Å². The molecule has 0 aliphatic heterocycles. The Labute approximate surface area is 108 Å². The minimum absolute atomic E-state index is 0.206. The lowest BCUT2D eigenvalue weighted by molar-refractivity contribution is 0.804. The van der Waals surface area contributed by atoms with E-state index in [2.05, 4.69) is 40.4 Å². The molecule has 0 bridgehead atoms. The molecule has 0 amide bonds. The molecule has 19 heavy (non-hydrogen) atoms. The van der Waals surface area contributed by atoms with Gasteiger partial charge in [-0.2, -0.15) is 15.1 Å². The number of aryl methyl sites for hydroxylation is 1. The van der Waals surface area contributed by atoms with Crippen molar-refractivity contribution >= 4 is 22.9 Å². The summed E-state index contributed by atoms with van der Waals surface area (Å²) in [5, 5.41) is 9.83. The van der Waals surface area contributed by atoms with E-state index in [9.17, 15) is 0 Å². The summed E-state index contributed by atoms with van der Waals surface area (Å²) in [5.74, 6) is 1.74. The average Bonchev–Trinajstić information content (AvgIpc) is 3.04. The minimum atomic E-state index is 0.206. The van der Waals surface area contributed by atoms with Gasteiger partial charge in [-0.1, -0.05) is 0 Å². The molecule has 0 fully saturated rings. The Morgan fingerprint density at radius 3 is 3.05 bits per heavy atom. The lowest BCUT2D eigenvalue weighted by Gasteiger charge is -2.06. The van der Waals surface area contributed by atoms with Crippen LogP contribution in [0.2, 0.25) is 0 Å². The summed E-state index contributed by atoms with van der Waals surface area (Å²) in [7, 11) is 0. The number of imidazole rings is 1.